The minimum absolute atomic E-state index is 0.0735. The summed E-state index contributed by atoms with van der Waals surface area (Å²) in [7, 11) is 0. The monoisotopic (exact) mass is 563 g/mol. The summed E-state index contributed by atoms with van der Waals surface area (Å²) in [6, 6.07) is 3.85. The molecule has 39 heavy (non-hydrogen) atoms. The number of halogens is 4. The molecule has 210 valence electrons. The van der Waals surface area contributed by atoms with Crippen LogP contribution in [0.25, 0.3) is 11.0 Å². The van der Waals surface area contributed by atoms with Gasteiger partial charge in [0.25, 0.3) is 0 Å². The Labute approximate surface area is 229 Å². The van der Waals surface area contributed by atoms with Crippen LogP contribution in [0.15, 0.2) is 48.0 Å². The van der Waals surface area contributed by atoms with Crippen LogP contribution in [0.5, 0.6) is 0 Å². The van der Waals surface area contributed by atoms with Crippen molar-refractivity contribution in [2.24, 2.45) is 0 Å². The molecule has 0 amide bonds. The average molecular weight is 564 g/mol. The van der Waals surface area contributed by atoms with E-state index < -0.39 is 17.4 Å². The molecule has 2 saturated heterocycles. The normalized spacial score (nSPS) is 19.1. The van der Waals surface area contributed by atoms with Crippen molar-refractivity contribution in [3.63, 3.8) is 0 Å². The van der Waals surface area contributed by atoms with Gasteiger partial charge < -0.3 is 15.2 Å². The van der Waals surface area contributed by atoms with Crippen molar-refractivity contribution >= 4 is 28.7 Å². The Morgan fingerprint density at radius 3 is 2.41 bits per heavy atom. The van der Waals surface area contributed by atoms with Crippen LogP contribution < -0.4 is 5.73 Å². The van der Waals surface area contributed by atoms with E-state index in [1.165, 1.54) is 17.8 Å². The van der Waals surface area contributed by atoms with Gasteiger partial charge in [0.15, 0.2) is 10.8 Å². The van der Waals surface area contributed by atoms with Crippen molar-refractivity contribution in [2.45, 2.75) is 62.2 Å². The van der Waals surface area contributed by atoms with Crippen molar-refractivity contribution in [2.75, 3.05) is 37.7 Å². The highest BCUT2D eigenvalue weighted by Gasteiger charge is 2.40. The van der Waals surface area contributed by atoms with Crippen molar-refractivity contribution in [3.8, 4) is 0 Å². The maximum absolute atomic E-state index is 16.1. The van der Waals surface area contributed by atoms with Crippen LogP contribution in [0, 0.1) is 0 Å². The Morgan fingerprint density at radius 1 is 1.13 bits per heavy atom. The van der Waals surface area contributed by atoms with Gasteiger partial charge in [-0.25, -0.2) is 19.3 Å². The van der Waals surface area contributed by atoms with Crippen molar-refractivity contribution in [1.82, 2.24) is 29.3 Å². The van der Waals surface area contributed by atoms with E-state index in [0.717, 1.165) is 41.4 Å². The maximum atomic E-state index is 16.1. The van der Waals surface area contributed by atoms with E-state index in [4.69, 9.17) is 5.73 Å². The first-order valence-corrected chi connectivity index (χ1v) is 14.2. The number of nitrogens with zero attached hydrogens (tertiary/aromatic N) is 6. The quantitative estimate of drug-likeness (QED) is 0.292. The van der Waals surface area contributed by atoms with Crippen molar-refractivity contribution in [3.05, 3.63) is 54.0 Å². The lowest BCUT2D eigenvalue weighted by atomic mass is 9.88. The fourth-order valence-corrected chi connectivity index (χ4v) is 6.38. The highest BCUT2D eigenvalue weighted by Crippen LogP contribution is 2.40. The number of piperidine rings is 2. The molecule has 0 spiro atoms. The van der Waals surface area contributed by atoms with Crippen LogP contribution in [0.4, 0.5) is 23.5 Å². The molecule has 2 aliphatic rings. The van der Waals surface area contributed by atoms with Gasteiger partial charge in [0.2, 0.25) is 5.95 Å². The van der Waals surface area contributed by atoms with Crippen LogP contribution >= 0.6 is 11.8 Å². The average Bonchev–Trinajstić information content (AvgIpc) is 3.28. The summed E-state index contributed by atoms with van der Waals surface area (Å²) in [5.74, 6) is 0.995. The highest BCUT2D eigenvalue weighted by molar-refractivity contribution is 7.99. The number of allylic oxidation sites excluding steroid dienone is 1. The van der Waals surface area contributed by atoms with Gasteiger partial charge in [0, 0.05) is 62.4 Å². The van der Waals surface area contributed by atoms with Gasteiger partial charge in [-0.3, -0.25) is 4.90 Å². The largest absolute Gasteiger partial charge is 0.416 e. The van der Waals surface area contributed by atoms with Gasteiger partial charge in [-0.1, -0.05) is 25.3 Å². The summed E-state index contributed by atoms with van der Waals surface area (Å²) in [5.41, 5.74) is 5.94. The van der Waals surface area contributed by atoms with E-state index in [1.807, 2.05) is 11.8 Å². The summed E-state index contributed by atoms with van der Waals surface area (Å²) < 4.78 is 57.9. The number of anilines is 1. The summed E-state index contributed by atoms with van der Waals surface area (Å²) in [5, 5.41) is 0.727. The second kappa shape index (κ2) is 11.0. The van der Waals surface area contributed by atoms with Gasteiger partial charge in [0.1, 0.15) is 0 Å². The molecule has 0 radical (unpaired) electrons. The first-order valence-electron chi connectivity index (χ1n) is 13.2. The minimum atomic E-state index is -4.41. The van der Waals surface area contributed by atoms with Crippen LogP contribution in [-0.4, -0.2) is 66.9 Å². The SMILES string of the molecule is C=C(N1CCC(n2c(SCC)nc3cc(C(F)(F)F)ccc32)CC1)C1(F)CCN(Cc2cnc(N)nc2)CC1. The molecule has 2 fully saturated rings. The number of likely N-dealkylation sites (tertiary alicyclic amines) is 2. The third kappa shape index (κ3) is 5.86. The molecular formula is C27H33F4N7S. The number of fused-ring (bicyclic) bond motifs is 1. The smallest absolute Gasteiger partial charge is 0.373 e. The van der Waals surface area contributed by atoms with E-state index >= 15 is 4.39 Å². The maximum Gasteiger partial charge on any atom is 0.416 e. The number of hydrogen-bond donors (Lipinski definition) is 1. The predicted octanol–water partition coefficient (Wildman–Crippen LogP) is 5.69. The van der Waals surface area contributed by atoms with Gasteiger partial charge in [-0.2, -0.15) is 13.2 Å². The number of nitrogen functional groups attached to an aromatic ring is 1. The van der Waals surface area contributed by atoms with Crippen molar-refractivity contribution < 1.29 is 17.6 Å². The fourth-order valence-electron chi connectivity index (χ4n) is 5.57. The Bertz CT molecular complexity index is 1310. The molecule has 0 atom stereocenters. The molecule has 4 heterocycles. The molecule has 7 nitrogen and oxygen atoms in total. The zero-order valence-corrected chi connectivity index (χ0v) is 22.7. The van der Waals surface area contributed by atoms with Crippen molar-refractivity contribution in [1.29, 1.82) is 0 Å². The molecule has 0 bridgehead atoms. The van der Waals surface area contributed by atoms with E-state index in [2.05, 4.69) is 31.0 Å². The number of rotatable bonds is 7. The number of thioether (sulfide) groups is 1. The number of imidazole rings is 1. The molecule has 5 rings (SSSR count). The van der Waals surface area contributed by atoms with Gasteiger partial charge in [-0.05, 0) is 49.6 Å². The Balaban J connectivity index is 1.23. The summed E-state index contributed by atoms with van der Waals surface area (Å²) in [6.07, 6.45) is 1.20. The highest BCUT2D eigenvalue weighted by atomic mass is 32.2. The summed E-state index contributed by atoms with van der Waals surface area (Å²) in [6.45, 7) is 9.31. The van der Waals surface area contributed by atoms with E-state index in [-0.39, 0.29) is 12.0 Å². The van der Waals surface area contributed by atoms with Gasteiger partial charge in [0.05, 0.1) is 16.6 Å². The molecule has 0 aliphatic carbocycles. The van der Waals surface area contributed by atoms with E-state index in [9.17, 15) is 13.2 Å². The van der Waals surface area contributed by atoms with Gasteiger partial charge in [-0.15, -0.1) is 0 Å². The molecule has 12 heteroatoms. The molecule has 1 aromatic carbocycles. The lowest BCUT2D eigenvalue weighted by molar-refractivity contribution is -0.137. The number of alkyl halides is 4. The minimum Gasteiger partial charge on any atom is -0.373 e. The van der Waals surface area contributed by atoms with Crippen LogP contribution in [0.2, 0.25) is 0 Å². The zero-order chi connectivity index (χ0) is 27.8. The third-order valence-electron chi connectivity index (χ3n) is 7.77. The fraction of sp³-hybridized carbons (Fsp3) is 0.519. The molecule has 2 N–H and O–H groups in total. The predicted molar refractivity (Wildman–Crippen MR) is 145 cm³/mol. The van der Waals surface area contributed by atoms with Gasteiger partial charge >= 0.3 is 6.18 Å². The standard InChI is InChI=1S/C27H33F4N7S/c1-3-39-25-35-22-14-20(27(29,30)31)4-5-23(22)38(25)21-6-10-37(11-7-21)18(2)26(28)8-12-36(13-9-26)17-19-15-33-24(32)34-16-19/h4-5,14-16,21H,2-3,6-13,17H2,1H3,(H2,32,33,34). The topological polar surface area (TPSA) is 76.1 Å². The number of aromatic nitrogens is 4. The first-order chi connectivity index (χ1) is 18.6. The van der Waals surface area contributed by atoms with Crippen LogP contribution in [-0.2, 0) is 12.7 Å². The Kier molecular flexibility index (Phi) is 7.78. The second-order valence-electron chi connectivity index (χ2n) is 10.3. The molecule has 2 aromatic heterocycles. The molecule has 3 aromatic rings. The molecule has 0 saturated carbocycles. The zero-order valence-electron chi connectivity index (χ0n) is 21.9. The summed E-state index contributed by atoms with van der Waals surface area (Å²) >= 11 is 1.53. The Hall–Kier alpha value is -2.86. The number of nitrogens with two attached hydrogens (primary N) is 1. The first kappa shape index (κ1) is 27.7. The molecule has 0 unspecified atom stereocenters. The van der Waals surface area contributed by atoms with E-state index in [0.29, 0.717) is 62.3 Å². The number of benzene rings is 1. The lowest BCUT2D eigenvalue weighted by Gasteiger charge is -2.44. The van der Waals surface area contributed by atoms with Crippen LogP contribution in [0.3, 0.4) is 0 Å². The van der Waals surface area contributed by atoms with E-state index in [1.54, 1.807) is 12.4 Å². The Morgan fingerprint density at radius 2 is 1.79 bits per heavy atom. The van der Waals surface area contributed by atoms with Crippen LogP contribution in [0.1, 0.15) is 49.8 Å². The summed E-state index contributed by atoms with van der Waals surface area (Å²) in [4.78, 5) is 16.8. The number of hydrogen-bond acceptors (Lipinski definition) is 7. The third-order valence-corrected chi connectivity index (χ3v) is 8.60. The molecular weight excluding hydrogens is 530 g/mol. The lowest BCUT2D eigenvalue weighted by Crippen LogP contribution is -2.47. The molecule has 2 aliphatic heterocycles. The second-order valence-corrected chi connectivity index (χ2v) is 11.5.